The van der Waals surface area contributed by atoms with E-state index in [-0.39, 0.29) is 48.0 Å². The predicted molar refractivity (Wildman–Crippen MR) is 177 cm³/mol. The first-order chi connectivity index (χ1) is 22.3. The van der Waals surface area contributed by atoms with Gasteiger partial charge in [0.15, 0.2) is 0 Å². The summed E-state index contributed by atoms with van der Waals surface area (Å²) < 4.78 is 37.4. The van der Waals surface area contributed by atoms with Gasteiger partial charge in [0.2, 0.25) is 15.9 Å². The monoisotopic (exact) mass is 750 g/mol. The molecule has 2 unspecified atom stereocenters. The zero-order chi connectivity index (χ0) is 34.2. The fraction of sp³-hybridized carbons (Fsp3) is 0.323. The minimum atomic E-state index is -4.06. The molecule has 3 N–H and O–H groups in total. The van der Waals surface area contributed by atoms with E-state index in [4.69, 9.17) is 9.47 Å². The van der Waals surface area contributed by atoms with Gasteiger partial charge in [-0.3, -0.25) is 9.01 Å². The van der Waals surface area contributed by atoms with E-state index < -0.39 is 43.3 Å². The molecule has 0 radical (unpaired) electrons. The molecule has 1 aliphatic rings. The standard InChI is InChI=1S/C31H33BrN3O10S2/c1-44-31(39)29-25(36)11-8-12-26(29)45-16-7-3-6-15-33-30(38)24(34-47(42,43)21-9-4-2-5-10-21)18-20-13-14-22(23(32)17-20)27-19-28(37)35(40,41)46-27/h2,4-5,8-14,17,24,27,34,36H,3,6-7,15-16,18-19H2,1H3,(H,33,38)/q-1. The number of rotatable bonds is 15. The number of methoxy groups -OCH3 is 1. The molecule has 47 heavy (non-hydrogen) atoms. The van der Waals surface area contributed by atoms with Gasteiger partial charge in [0.05, 0.1) is 42.2 Å². The van der Waals surface area contributed by atoms with Gasteiger partial charge < -0.3 is 30.3 Å². The Morgan fingerprint density at radius 2 is 1.83 bits per heavy atom. The molecule has 0 saturated carbocycles. The van der Waals surface area contributed by atoms with Crippen LogP contribution in [-0.4, -0.2) is 61.8 Å². The van der Waals surface area contributed by atoms with Crippen molar-refractivity contribution in [1.82, 2.24) is 10.0 Å². The van der Waals surface area contributed by atoms with Gasteiger partial charge in [0, 0.05) is 11.0 Å². The summed E-state index contributed by atoms with van der Waals surface area (Å²) in [6, 6.07) is 15.9. The third kappa shape index (κ3) is 9.53. The number of phenolic OH excluding ortho intramolecular Hbond substituents is 1. The summed E-state index contributed by atoms with van der Waals surface area (Å²) in [5.74, 6) is -2.30. The number of hydrogen-bond acceptors (Lipinski definition) is 11. The molecule has 4 rings (SSSR count). The highest BCUT2D eigenvalue weighted by Crippen LogP contribution is 2.48. The molecule has 1 aliphatic heterocycles. The van der Waals surface area contributed by atoms with Crippen molar-refractivity contribution >= 4 is 55.7 Å². The van der Waals surface area contributed by atoms with Gasteiger partial charge in [-0.1, -0.05) is 52.3 Å². The van der Waals surface area contributed by atoms with Crippen molar-refractivity contribution in [3.8, 4) is 11.5 Å². The zero-order valence-electron chi connectivity index (χ0n) is 25.2. The maximum atomic E-state index is 13.3. The molecule has 13 nitrogen and oxygen atoms in total. The highest BCUT2D eigenvalue weighted by Gasteiger charge is 2.39. The molecule has 16 heteroatoms. The van der Waals surface area contributed by atoms with Crippen molar-refractivity contribution < 1.29 is 41.6 Å². The molecule has 0 aliphatic carbocycles. The van der Waals surface area contributed by atoms with Crippen LogP contribution in [0.2, 0.25) is 0 Å². The number of ether oxygens (including phenoxy) is 2. The van der Waals surface area contributed by atoms with E-state index in [1.807, 2.05) is 0 Å². The average molecular weight is 752 g/mol. The van der Waals surface area contributed by atoms with Crippen LogP contribution in [0.5, 0.6) is 11.5 Å². The SMILES string of the molecule is COC(=O)c1c(O)cccc1OCCCCCNC(=O)C(Cc1ccc(C2CC(=O)[N+]([O-])([O-])S2)c(Br)c1)NS(=O)(=O)c1ccccc1. The molecule has 3 aromatic carbocycles. The summed E-state index contributed by atoms with van der Waals surface area (Å²) in [6.45, 7) is 0.491. The minimum absolute atomic E-state index is 0.00354. The number of sulfonamides is 1. The molecule has 1 fully saturated rings. The van der Waals surface area contributed by atoms with E-state index >= 15 is 0 Å². The molecule has 0 spiro atoms. The molecule has 2 atom stereocenters. The number of halogens is 1. The van der Waals surface area contributed by atoms with Crippen LogP contribution in [0.1, 0.15) is 52.4 Å². The van der Waals surface area contributed by atoms with Gasteiger partial charge in [-0.25, -0.2) is 18.0 Å². The molecular formula is C31H33BrN3O10S2-. The molecule has 3 aromatic rings. The van der Waals surface area contributed by atoms with Crippen molar-refractivity contribution in [3.05, 3.63) is 98.3 Å². The third-order valence-corrected chi connectivity index (χ3v) is 10.6. The zero-order valence-corrected chi connectivity index (χ0v) is 28.4. The fourth-order valence-electron chi connectivity index (χ4n) is 4.81. The highest BCUT2D eigenvalue weighted by molar-refractivity contribution is 9.10. The average Bonchev–Trinajstić information content (AvgIpc) is 3.31. The number of nitrogens with one attached hydrogen (secondary N) is 2. The van der Waals surface area contributed by atoms with Crippen molar-refractivity contribution in [2.24, 2.45) is 0 Å². The number of aromatic hydroxyl groups is 1. The molecule has 1 heterocycles. The van der Waals surface area contributed by atoms with Gasteiger partial charge in [-0.05, 0) is 67.1 Å². The van der Waals surface area contributed by atoms with Crippen molar-refractivity contribution in [1.29, 1.82) is 0 Å². The summed E-state index contributed by atoms with van der Waals surface area (Å²) in [5.41, 5.74) is 1.09. The molecule has 0 aromatic heterocycles. The number of esters is 1. The number of carbonyl (C=O) groups is 3. The third-order valence-electron chi connectivity index (χ3n) is 7.22. The van der Waals surface area contributed by atoms with Crippen molar-refractivity contribution in [2.75, 3.05) is 20.3 Å². The van der Waals surface area contributed by atoms with Crippen molar-refractivity contribution in [2.45, 2.75) is 48.3 Å². The Balaban J connectivity index is 1.36. The minimum Gasteiger partial charge on any atom is -0.612 e. The first-order valence-electron chi connectivity index (χ1n) is 14.5. The van der Waals surface area contributed by atoms with Crippen molar-refractivity contribution in [3.63, 3.8) is 0 Å². The molecule has 252 valence electrons. The van der Waals surface area contributed by atoms with Crippen LogP contribution in [0.25, 0.3) is 0 Å². The van der Waals surface area contributed by atoms with Gasteiger partial charge >= 0.3 is 11.9 Å². The summed E-state index contributed by atoms with van der Waals surface area (Å²) in [7, 11) is -2.86. The number of unbranched alkanes of at least 4 members (excludes halogenated alkanes) is 2. The van der Waals surface area contributed by atoms with E-state index in [0.29, 0.717) is 46.8 Å². The quantitative estimate of drug-likeness (QED) is 0.0645. The number of carbonyl (C=O) groups excluding carboxylic acids is 3. The van der Waals surface area contributed by atoms with Crippen LogP contribution in [-0.2, 0) is 30.8 Å². The molecule has 0 bridgehead atoms. The first-order valence-corrected chi connectivity index (χ1v) is 17.6. The van der Waals surface area contributed by atoms with Crippen LogP contribution in [0.15, 0.2) is 76.1 Å². The number of benzene rings is 3. The lowest BCUT2D eigenvalue weighted by Crippen LogP contribution is -2.48. The van der Waals surface area contributed by atoms with Gasteiger partial charge in [-0.2, -0.15) is 4.72 Å². The Bertz CT molecular complexity index is 1710. The predicted octanol–water partition coefficient (Wildman–Crippen LogP) is 4.63. The Morgan fingerprint density at radius 1 is 1.09 bits per heavy atom. The Kier molecular flexibility index (Phi) is 12.4. The maximum absolute atomic E-state index is 13.3. The second-order valence-corrected chi connectivity index (χ2v) is 14.4. The number of nitrogens with zero attached hydrogens (tertiary/aromatic N) is 1. The largest absolute Gasteiger partial charge is 0.612 e. The lowest BCUT2D eigenvalue weighted by atomic mass is 10.0. The van der Waals surface area contributed by atoms with E-state index in [9.17, 15) is 38.3 Å². The smallest absolute Gasteiger partial charge is 0.345 e. The second-order valence-electron chi connectivity index (χ2n) is 10.6. The lowest BCUT2D eigenvalue weighted by molar-refractivity contribution is -0.593. The number of phenols is 1. The van der Waals surface area contributed by atoms with Crippen LogP contribution < -0.4 is 14.8 Å². The molecular weight excluding hydrogens is 718 g/mol. The van der Waals surface area contributed by atoms with E-state index in [1.54, 1.807) is 48.5 Å². The Hall–Kier alpha value is -3.51. The molecule has 2 amide bonds. The van der Waals surface area contributed by atoms with E-state index in [2.05, 4.69) is 26.0 Å². The lowest BCUT2D eigenvalue weighted by Gasteiger charge is -2.36. The fourth-order valence-corrected chi connectivity index (χ4v) is 7.94. The molecule has 1 saturated heterocycles. The maximum Gasteiger partial charge on any atom is 0.345 e. The van der Waals surface area contributed by atoms with Crippen LogP contribution in [0, 0.1) is 10.4 Å². The van der Waals surface area contributed by atoms with Gasteiger partial charge in [-0.15, -0.1) is 0 Å². The summed E-state index contributed by atoms with van der Waals surface area (Å²) in [5, 5.41) is 35.7. The topological polar surface area (TPSA) is 194 Å². The second kappa shape index (κ2) is 16.1. The summed E-state index contributed by atoms with van der Waals surface area (Å²) in [4.78, 5) is 37.0. The van der Waals surface area contributed by atoms with Crippen LogP contribution in [0.3, 0.4) is 0 Å². The number of hydrogen-bond donors (Lipinski definition) is 3. The van der Waals surface area contributed by atoms with Gasteiger partial charge in [0.25, 0.3) is 0 Å². The number of amides is 2. The number of quaternary nitrogens is 1. The number of hydroxylamine groups is 2. The summed E-state index contributed by atoms with van der Waals surface area (Å²) in [6.07, 6.45) is 1.52. The summed E-state index contributed by atoms with van der Waals surface area (Å²) >= 11 is 3.87. The Morgan fingerprint density at radius 3 is 2.49 bits per heavy atom. The highest BCUT2D eigenvalue weighted by atomic mass is 79.9. The normalized spacial score (nSPS) is 16.4. The van der Waals surface area contributed by atoms with E-state index in [1.165, 1.54) is 25.3 Å². The van der Waals surface area contributed by atoms with E-state index in [0.717, 1.165) is 0 Å². The first kappa shape index (κ1) is 36.3. The van der Waals surface area contributed by atoms with Gasteiger partial charge in [0.1, 0.15) is 23.1 Å². The van der Waals surface area contributed by atoms with Crippen LogP contribution in [0.4, 0.5) is 0 Å². The van der Waals surface area contributed by atoms with Crippen LogP contribution >= 0.6 is 27.9 Å². The Labute approximate surface area is 284 Å².